The SMILES string of the molecule is CC(=O)NC1=NN(C(C)=O)[C@@H](c2cccc(OS(C)(=O)=O)c2)S1. The van der Waals surface area contributed by atoms with Crippen LogP contribution in [-0.2, 0) is 19.7 Å². The molecule has 0 saturated heterocycles. The summed E-state index contributed by atoms with van der Waals surface area (Å²) in [6.45, 7) is 2.69. The zero-order valence-electron chi connectivity index (χ0n) is 12.6. The van der Waals surface area contributed by atoms with E-state index in [9.17, 15) is 18.0 Å². The van der Waals surface area contributed by atoms with E-state index in [1.807, 2.05) is 0 Å². The van der Waals surface area contributed by atoms with Gasteiger partial charge in [0.1, 0.15) is 11.1 Å². The van der Waals surface area contributed by atoms with Crippen molar-refractivity contribution in [3.05, 3.63) is 29.8 Å². The maximum atomic E-state index is 11.7. The molecule has 0 spiro atoms. The summed E-state index contributed by atoms with van der Waals surface area (Å²) >= 11 is 1.17. The highest BCUT2D eigenvalue weighted by Gasteiger charge is 2.32. The van der Waals surface area contributed by atoms with Crippen LogP contribution in [0.25, 0.3) is 0 Å². The molecule has 124 valence electrons. The Morgan fingerprint density at radius 1 is 1.35 bits per heavy atom. The number of thioether (sulfide) groups is 1. The summed E-state index contributed by atoms with van der Waals surface area (Å²) in [5, 5.41) is 7.59. The number of benzene rings is 1. The summed E-state index contributed by atoms with van der Waals surface area (Å²) in [4.78, 5) is 22.9. The molecule has 1 aromatic carbocycles. The van der Waals surface area contributed by atoms with Crippen molar-refractivity contribution < 1.29 is 22.2 Å². The fraction of sp³-hybridized carbons (Fsp3) is 0.308. The molecule has 0 saturated carbocycles. The number of amides is 2. The second-order valence-corrected chi connectivity index (χ2v) is 7.42. The average Bonchev–Trinajstić information content (AvgIpc) is 2.80. The number of hydrogen-bond donors (Lipinski definition) is 1. The van der Waals surface area contributed by atoms with Crippen molar-refractivity contribution in [2.24, 2.45) is 5.10 Å². The Labute approximate surface area is 138 Å². The highest BCUT2D eigenvalue weighted by atomic mass is 32.2. The van der Waals surface area contributed by atoms with Gasteiger partial charge in [0.25, 0.3) is 0 Å². The van der Waals surface area contributed by atoms with E-state index in [0.29, 0.717) is 10.7 Å². The van der Waals surface area contributed by atoms with Gasteiger partial charge in [-0.25, -0.2) is 5.01 Å². The number of carbonyl (C=O) groups is 2. The third-order valence-corrected chi connectivity index (χ3v) is 4.24. The van der Waals surface area contributed by atoms with Gasteiger partial charge in [-0.05, 0) is 17.7 Å². The molecule has 1 heterocycles. The highest BCUT2D eigenvalue weighted by molar-refractivity contribution is 8.14. The number of amidine groups is 1. The van der Waals surface area contributed by atoms with Gasteiger partial charge in [0.15, 0.2) is 5.17 Å². The molecule has 23 heavy (non-hydrogen) atoms. The average molecular weight is 357 g/mol. The van der Waals surface area contributed by atoms with Gasteiger partial charge in [0, 0.05) is 13.8 Å². The van der Waals surface area contributed by atoms with Gasteiger partial charge in [-0.2, -0.15) is 8.42 Å². The number of hydrazone groups is 1. The molecule has 1 aromatic rings. The molecule has 8 nitrogen and oxygen atoms in total. The van der Waals surface area contributed by atoms with E-state index in [-0.39, 0.29) is 17.6 Å². The Hall–Kier alpha value is -2.07. The number of carbonyl (C=O) groups excluding carboxylic acids is 2. The number of rotatable bonds is 3. The Kier molecular flexibility index (Phi) is 4.95. The quantitative estimate of drug-likeness (QED) is 0.810. The van der Waals surface area contributed by atoms with Crippen LogP contribution in [-0.4, -0.2) is 36.7 Å². The molecule has 0 fully saturated rings. The van der Waals surface area contributed by atoms with Crippen molar-refractivity contribution in [1.29, 1.82) is 0 Å². The largest absolute Gasteiger partial charge is 0.383 e. The first-order chi connectivity index (χ1) is 10.7. The van der Waals surface area contributed by atoms with Crippen LogP contribution in [0.1, 0.15) is 24.8 Å². The van der Waals surface area contributed by atoms with Gasteiger partial charge in [0.2, 0.25) is 11.8 Å². The standard InChI is InChI=1S/C13H15N3O5S2/c1-8(17)14-13-15-16(9(2)18)12(22-13)10-5-4-6-11(7-10)21-23(3,19)20/h4-7,12H,1-3H3,(H,14,15,17)/t12-/m1/s1. The minimum absolute atomic E-state index is 0.141. The second kappa shape index (κ2) is 6.59. The van der Waals surface area contributed by atoms with Crippen molar-refractivity contribution in [1.82, 2.24) is 10.3 Å². The summed E-state index contributed by atoms with van der Waals surface area (Å²) in [6, 6.07) is 6.35. The summed E-state index contributed by atoms with van der Waals surface area (Å²) in [5.74, 6) is -0.464. The monoisotopic (exact) mass is 357 g/mol. The maximum Gasteiger partial charge on any atom is 0.306 e. The van der Waals surface area contributed by atoms with Crippen molar-refractivity contribution in [2.45, 2.75) is 19.2 Å². The molecule has 1 aliphatic rings. The van der Waals surface area contributed by atoms with Crippen LogP contribution in [0.2, 0.25) is 0 Å². The lowest BCUT2D eigenvalue weighted by Crippen LogP contribution is -2.25. The molecule has 2 rings (SSSR count). The van der Waals surface area contributed by atoms with Crippen molar-refractivity contribution in [3.8, 4) is 5.75 Å². The molecule has 10 heteroatoms. The molecular formula is C13H15N3O5S2. The smallest absolute Gasteiger partial charge is 0.306 e. The van der Waals surface area contributed by atoms with E-state index < -0.39 is 15.5 Å². The van der Waals surface area contributed by atoms with Crippen molar-refractivity contribution in [2.75, 3.05) is 6.26 Å². The van der Waals surface area contributed by atoms with Gasteiger partial charge in [-0.1, -0.05) is 23.9 Å². The lowest BCUT2D eigenvalue weighted by molar-refractivity contribution is -0.129. The van der Waals surface area contributed by atoms with Crippen molar-refractivity contribution in [3.63, 3.8) is 0 Å². The molecule has 0 radical (unpaired) electrons. The minimum atomic E-state index is -3.65. The summed E-state index contributed by atoms with van der Waals surface area (Å²) in [6.07, 6.45) is 0.948. The molecule has 0 aromatic heterocycles. The Balaban J connectivity index is 2.28. The zero-order valence-corrected chi connectivity index (χ0v) is 14.3. The van der Waals surface area contributed by atoms with E-state index >= 15 is 0 Å². The lowest BCUT2D eigenvalue weighted by Gasteiger charge is -2.19. The predicted molar refractivity (Wildman–Crippen MR) is 86.0 cm³/mol. The van der Waals surface area contributed by atoms with Crippen LogP contribution in [0, 0.1) is 0 Å². The first kappa shape index (κ1) is 17.3. The van der Waals surface area contributed by atoms with Crippen LogP contribution < -0.4 is 9.50 Å². The zero-order chi connectivity index (χ0) is 17.2. The second-order valence-electron chi connectivity index (χ2n) is 4.78. The number of nitrogens with one attached hydrogen (secondary N) is 1. The van der Waals surface area contributed by atoms with Crippen LogP contribution >= 0.6 is 11.8 Å². The third kappa shape index (κ3) is 4.70. The van der Waals surface area contributed by atoms with Gasteiger partial charge in [0.05, 0.1) is 6.26 Å². The van der Waals surface area contributed by atoms with E-state index in [2.05, 4.69) is 10.4 Å². The first-order valence-electron chi connectivity index (χ1n) is 6.48. The highest BCUT2D eigenvalue weighted by Crippen LogP contribution is 2.39. The molecule has 1 atom stereocenters. The van der Waals surface area contributed by atoms with E-state index in [1.165, 1.54) is 42.8 Å². The van der Waals surface area contributed by atoms with E-state index in [4.69, 9.17) is 4.18 Å². The summed E-state index contributed by atoms with van der Waals surface area (Å²) in [5.41, 5.74) is 0.621. The first-order valence-corrected chi connectivity index (χ1v) is 9.17. The van der Waals surface area contributed by atoms with Crippen LogP contribution in [0.4, 0.5) is 0 Å². The summed E-state index contributed by atoms with van der Waals surface area (Å²) < 4.78 is 27.3. The van der Waals surface area contributed by atoms with Gasteiger partial charge >= 0.3 is 10.1 Å². The van der Waals surface area contributed by atoms with Crippen LogP contribution in [0.5, 0.6) is 5.75 Å². The maximum absolute atomic E-state index is 11.7. The number of nitrogens with zero attached hydrogens (tertiary/aromatic N) is 2. The predicted octanol–water partition coefficient (Wildman–Crippen LogP) is 1.03. The van der Waals surface area contributed by atoms with Crippen LogP contribution in [0.3, 0.4) is 0 Å². The van der Waals surface area contributed by atoms with E-state index in [1.54, 1.807) is 12.1 Å². The fourth-order valence-corrected chi connectivity index (χ4v) is 3.45. The molecule has 0 bridgehead atoms. The molecule has 1 N–H and O–H groups in total. The fourth-order valence-electron chi connectivity index (χ4n) is 1.87. The molecule has 1 aliphatic heterocycles. The molecule has 2 amide bonds. The topological polar surface area (TPSA) is 105 Å². The van der Waals surface area contributed by atoms with Gasteiger partial charge < -0.3 is 9.50 Å². The third-order valence-electron chi connectivity index (χ3n) is 2.64. The molecule has 0 unspecified atom stereocenters. The minimum Gasteiger partial charge on any atom is -0.383 e. The lowest BCUT2D eigenvalue weighted by atomic mass is 10.2. The number of hydrogen-bond acceptors (Lipinski definition) is 7. The molecule has 0 aliphatic carbocycles. The van der Waals surface area contributed by atoms with Gasteiger partial charge in [-0.15, -0.1) is 5.10 Å². The summed E-state index contributed by atoms with van der Waals surface area (Å²) in [7, 11) is -3.65. The molecular weight excluding hydrogens is 342 g/mol. The van der Waals surface area contributed by atoms with Crippen molar-refractivity contribution >= 4 is 38.9 Å². The van der Waals surface area contributed by atoms with Gasteiger partial charge in [-0.3, -0.25) is 9.59 Å². The Morgan fingerprint density at radius 3 is 2.61 bits per heavy atom. The van der Waals surface area contributed by atoms with Crippen LogP contribution in [0.15, 0.2) is 29.4 Å². The Morgan fingerprint density at radius 2 is 2.04 bits per heavy atom. The normalized spacial score (nSPS) is 17.6. The Bertz CT molecular complexity index is 776. The van der Waals surface area contributed by atoms with E-state index in [0.717, 1.165) is 6.26 Å².